The second-order valence-corrected chi connectivity index (χ2v) is 8.50. The van der Waals surface area contributed by atoms with Gasteiger partial charge in [-0.2, -0.15) is 0 Å². The molecule has 1 saturated heterocycles. The molecule has 0 bridgehead atoms. The number of nitrogens with zero attached hydrogens (tertiary/aromatic N) is 1. The Morgan fingerprint density at radius 1 is 1.06 bits per heavy atom. The summed E-state index contributed by atoms with van der Waals surface area (Å²) in [5, 5.41) is 12.7. The number of Topliss-reactive ketones (excluding diaryl/α,β-unsaturated/α-hetero) is 1. The molecule has 1 aliphatic heterocycles. The summed E-state index contributed by atoms with van der Waals surface area (Å²) in [6, 6.07) is 18.8. The Bertz CT molecular complexity index is 1490. The van der Waals surface area contributed by atoms with Gasteiger partial charge in [0.15, 0.2) is 0 Å². The van der Waals surface area contributed by atoms with E-state index < -0.39 is 17.7 Å². The second kappa shape index (κ2) is 8.39. The Hall–Kier alpha value is -4.03. The van der Waals surface area contributed by atoms with Gasteiger partial charge in [0.1, 0.15) is 11.5 Å². The number of aromatic nitrogens is 1. The molecule has 0 aliphatic carbocycles. The number of hydrogen-bond acceptors (Lipinski definition) is 4. The van der Waals surface area contributed by atoms with Crippen LogP contribution in [0.25, 0.3) is 16.7 Å². The number of halogens is 1. The molecule has 1 unspecified atom stereocenters. The monoisotopic (exact) mass is 472 g/mol. The van der Waals surface area contributed by atoms with E-state index in [1.165, 1.54) is 12.0 Å². The molecule has 6 nitrogen and oxygen atoms in total. The van der Waals surface area contributed by atoms with Crippen LogP contribution in [0, 0.1) is 6.92 Å². The second-order valence-electron chi connectivity index (χ2n) is 8.09. The summed E-state index contributed by atoms with van der Waals surface area (Å²) in [6.45, 7) is 1.86. The lowest BCUT2D eigenvalue weighted by atomic mass is 9.94. The predicted molar refractivity (Wildman–Crippen MR) is 132 cm³/mol. The smallest absolute Gasteiger partial charge is 0.300 e. The van der Waals surface area contributed by atoms with Crippen LogP contribution in [0.2, 0.25) is 5.02 Å². The molecule has 1 amide bonds. The molecule has 170 valence electrons. The van der Waals surface area contributed by atoms with E-state index in [4.69, 9.17) is 16.3 Å². The summed E-state index contributed by atoms with van der Waals surface area (Å²) in [5.41, 5.74) is 3.16. The van der Waals surface area contributed by atoms with Gasteiger partial charge >= 0.3 is 0 Å². The molecule has 7 heteroatoms. The minimum absolute atomic E-state index is 0.0176. The van der Waals surface area contributed by atoms with Gasteiger partial charge in [-0.25, -0.2) is 0 Å². The number of aromatic amines is 1. The van der Waals surface area contributed by atoms with Crippen LogP contribution in [-0.4, -0.2) is 28.9 Å². The van der Waals surface area contributed by atoms with Gasteiger partial charge in [0.25, 0.3) is 11.7 Å². The van der Waals surface area contributed by atoms with Crippen molar-refractivity contribution in [1.82, 2.24) is 4.98 Å². The number of H-pyrrole nitrogens is 1. The highest BCUT2D eigenvalue weighted by Crippen LogP contribution is 2.45. The molecule has 0 spiro atoms. The first kappa shape index (κ1) is 21.8. The van der Waals surface area contributed by atoms with Crippen molar-refractivity contribution in [2.75, 3.05) is 12.0 Å². The number of methoxy groups -OCH3 is 1. The van der Waals surface area contributed by atoms with Crippen LogP contribution in [0.1, 0.15) is 22.7 Å². The van der Waals surface area contributed by atoms with Crippen molar-refractivity contribution in [2.24, 2.45) is 0 Å². The van der Waals surface area contributed by atoms with E-state index in [1.54, 1.807) is 48.7 Å². The third-order valence-corrected chi connectivity index (χ3v) is 6.56. The van der Waals surface area contributed by atoms with Gasteiger partial charge in [0.05, 0.1) is 24.3 Å². The van der Waals surface area contributed by atoms with Crippen molar-refractivity contribution < 1.29 is 19.4 Å². The molecular weight excluding hydrogens is 452 g/mol. The first-order valence-corrected chi connectivity index (χ1v) is 11.1. The number of aliphatic hydroxyl groups excluding tert-OH is 1. The molecule has 1 aromatic heterocycles. The summed E-state index contributed by atoms with van der Waals surface area (Å²) >= 11 is 6.37. The standard InChI is InChI=1S/C27H21ClN2O4/c1-15-11-12-16(13-20(15)28)30-24(19-14-29-21-9-5-3-7-17(19)21)23(26(32)27(30)33)25(31)18-8-4-6-10-22(18)34-2/h3-14,24,29,31H,1-2H3/b25-23+. The Balaban J connectivity index is 1.81. The van der Waals surface area contributed by atoms with Gasteiger partial charge in [-0.3, -0.25) is 14.5 Å². The van der Waals surface area contributed by atoms with Gasteiger partial charge in [-0.05, 0) is 42.8 Å². The zero-order valence-corrected chi connectivity index (χ0v) is 19.3. The lowest BCUT2D eigenvalue weighted by Gasteiger charge is -2.25. The Morgan fingerprint density at radius 3 is 2.56 bits per heavy atom. The predicted octanol–water partition coefficient (Wildman–Crippen LogP) is 5.76. The fourth-order valence-electron chi connectivity index (χ4n) is 4.43. The van der Waals surface area contributed by atoms with Crippen molar-refractivity contribution in [2.45, 2.75) is 13.0 Å². The molecule has 1 fully saturated rings. The van der Waals surface area contributed by atoms with Crippen LogP contribution in [-0.2, 0) is 9.59 Å². The molecule has 2 N–H and O–H groups in total. The molecule has 5 rings (SSSR count). The molecular formula is C27H21ClN2O4. The van der Waals surface area contributed by atoms with Crippen molar-refractivity contribution in [3.05, 3.63) is 100 Å². The largest absolute Gasteiger partial charge is 0.507 e. The van der Waals surface area contributed by atoms with E-state index in [-0.39, 0.29) is 11.3 Å². The van der Waals surface area contributed by atoms with Gasteiger partial charge in [-0.15, -0.1) is 0 Å². The average Bonchev–Trinajstić information content (AvgIpc) is 3.39. The summed E-state index contributed by atoms with van der Waals surface area (Å²) in [7, 11) is 1.48. The molecule has 4 aromatic rings. The number of hydrogen-bond donors (Lipinski definition) is 2. The van der Waals surface area contributed by atoms with Crippen molar-refractivity contribution in [3.8, 4) is 5.75 Å². The number of para-hydroxylation sites is 2. The Morgan fingerprint density at radius 2 is 1.79 bits per heavy atom. The molecule has 34 heavy (non-hydrogen) atoms. The van der Waals surface area contributed by atoms with E-state index in [0.717, 1.165) is 16.5 Å². The lowest BCUT2D eigenvalue weighted by molar-refractivity contribution is -0.132. The number of benzene rings is 3. The molecule has 1 aliphatic rings. The van der Waals surface area contributed by atoms with E-state index >= 15 is 0 Å². The third-order valence-electron chi connectivity index (χ3n) is 6.16. The quantitative estimate of drug-likeness (QED) is 0.224. The summed E-state index contributed by atoms with van der Waals surface area (Å²) < 4.78 is 5.40. The SMILES string of the molecule is COc1ccccc1/C(O)=C1\C(=O)C(=O)N(c2ccc(C)c(Cl)c2)C1c1c[nH]c2ccccc12. The van der Waals surface area contributed by atoms with Crippen LogP contribution in [0.15, 0.2) is 78.5 Å². The van der Waals surface area contributed by atoms with E-state index in [9.17, 15) is 14.7 Å². The highest BCUT2D eigenvalue weighted by atomic mass is 35.5. The van der Waals surface area contributed by atoms with Crippen LogP contribution >= 0.6 is 11.6 Å². The molecule has 2 heterocycles. The first-order valence-electron chi connectivity index (χ1n) is 10.7. The van der Waals surface area contributed by atoms with E-state index in [1.807, 2.05) is 31.2 Å². The number of nitrogens with one attached hydrogen (secondary N) is 1. The molecule has 3 aromatic carbocycles. The topological polar surface area (TPSA) is 82.6 Å². The van der Waals surface area contributed by atoms with Gasteiger partial charge in [-0.1, -0.05) is 48.0 Å². The Kier molecular flexibility index (Phi) is 5.38. The lowest BCUT2D eigenvalue weighted by Crippen LogP contribution is -2.29. The zero-order valence-electron chi connectivity index (χ0n) is 18.5. The minimum Gasteiger partial charge on any atom is -0.507 e. The number of amides is 1. The summed E-state index contributed by atoms with van der Waals surface area (Å²) in [5.74, 6) is -1.43. The number of ketones is 1. The van der Waals surface area contributed by atoms with Gasteiger partial charge in [0.2, 0.25) is 0 Å². The summed E-state index contributed by atoms with van der Waals surface area (Å²) in [4.78, 5) is 31.4. The van der Waals surface area contributed by atoms with Crippen LogP contribution < -0.4 is 9.64 Å². The normalized spacial score (nSPS) is 17.5. The fraction of sp³-hybridized carbons (Fsp3) is 0.111. The maximum atomic E-state index is 13.4. The maximum absolute atomic E-state index is 13.4. The highest BCUT2D eigenvalue weighted by Gasteiger charge is 2.48. The average molecular weight is 473 g/mol. The molecule has 1 atom stereocenters. The van der Waals surface area contributed by atoms with Crippen LogP contribution in [0.3, 0.4) is 0 Å². The molecule has 0 radical (unpaired) electrons. The number of aryl methyl sites for hydroxylation is 1. The molecule has 0 saturated carbocycles. The fourth-order valence-corrected chi connectivity index (χ4v) is 4.61. The first-order chi connectivity index (χ1) is 16.4. The number of carbonyl (C=O) groups is 2. The number of rotatable bonds is 4. The number of anilines is 1. The van der Waals surface area contributed by atoms with E-state index in [2.05, 4.69) is 4.98 Å². The van der Waals surface area contributed by atoms with Crippen molar-refractivity contribution in [1.29, 1.82) is 0 Å². The van der Waals surface area contributed by atoms with Crippen molar-refractivity contribution >= 4 is 45.6 Å². The third kappa shape index (κ3) is 3.35. The van der Waals surface area contributed by atoms with E-state index in [0.29, 0.717) is 27.6 Å². The van der Waals surface area contributed by atoms with Crippen LogP contribution in [0.5, 0.6) is 5.75 Å². The van der Waals surface area contributed by atoms with Crippen molar-refractivity contribution in [3.63, 3.8) is 0 Å². The number of carbonyl (C=O) groups excluding carboxylic acids is 2. The maximum Gasteiger partial charge on any atom is 0.300 e. The minimum atomic E-state index is -0.875. The Labute approximate surface area is 201 Å². The number of ether oxygens (including phenoxy) is 1. The van der Waals surface area contributed by atoms with Crippen LogP contribution in [0.4, 0.5) is 5.69 Å². The highest BCUT2D eigenvalue weighted by molar-refractivity contribution is 6.52. The van der Waals surface area contributed by atoms with Gasteiger partial charge in [0, 0.05) is 33.4 Å². The number of fused-ring (bicyclic) bond motifs is 1. The number of aliphatic hydroxyl groups is 1. The zero-order chi connectivity index (χ0) is 24.0. The van der Waals surface area contributed by atoms with Gasteiger partial charge < -0.3 is 14.8 Å². The summed E-state index contributed by atoms with van der Waals surface area (Å²) in [6.07, 6.45) is 1.76.